The van der Waals surface area contributed by atoms with Gasteiger partial charge in [0.05, 0.1) is 0 Å². The molecule has 2 heteroatoms. The molecule has 0 aliphatic carbocycles. The number of likely N-dealkylation sites (N-methyl/N-ethyl adjacent to an activating group) is 1. The molecule has 0 spiro atoms. The summed E-state index contributed by atoms with van der Waals surface area (Å²) in [6.07, 6.45) is 3.63. The van der Waals surface area contributed by atoms with Gasteiger partial charge in [0.25, 0.3) is 0 Å². The predicted molar refractivity (Wildman–Crippen MR) is 79.4 cm³/mol. The highest BCUT2D eigenvalue weighted by atomic mass is 79.9. The molecule has 1 aromatic carbocycles. The minimum atomic E-state index is 0.601. The lowest BCUT2D eigenvalue weighted by Crippen LogP contribution is -2.37. The highest BCUT2D eigenvalue weighted by Gasteiger charge is 2.17. The SMILES string of the molecule is CCNC(Cc1cccc(Br)c1)C(CC)CC. The maximum Gasteiger partial charge on any atom is 0.0178 e. The summed E-state index contributed by atoms with van der Waals surface area (Å²) in [7, 11) is 0. The van der Waals surface area contributed by atoms with Crippen molar-refractivity contribution in [3.05, 3.63) is 34.3 Å². The highest BCUT2D eigenvalue weighted by Crippen LogP contribution is 2.19. The molecule has 1 atom stereocenters. The van der Waals surface area contributed by atoms with Crippen LogP contribution in [0.1, 0.15) is 39.2 Å². The summed E-state index contributed by atoms with van der Waals surface area (Å²) in [6.45, 7) is 7.82. The van der Waals surface area contributed by atoms with Crippen molar-refractivity contribution in [3.63, 3.8) is 0 Å². The van der Waals surface area contributed by atoms with E-state index in [1.165, 1.54) is 22.9 Å². The molecule has 0 aliphatic rings. The first-order valence-electron chi connectivity index (χ1n) is 6.69. The van der Waals surface area contributed by atoms with Crippen molar-refractivity contribution in [2.75, 3.05) is 6.54 Å². The third-order valence-corrected chi connectivity index (χ3v) is 3.92. The second-order valence-corrected chi connectivity index (χ2v) is 5.49. The molecule has 17 heavy (non-hydrogen) atoms. The van der Waals surface area contributed by atoms with E-state index in [1.807, 2.05) is 0 Å². The van der Waals surface area contributed by atoms with Gasteiger partial charge < -0.3 is 5.32 Å². The molecule has 0 saturated carbocycles. The number of nitrogens with one attached hydrogen (secondary N) is 1. The zero-order valence-electron chi connectivity index (χ0n) is 11.2. The van der Waals surface area contributed by atoms with E-state index in [0.717, 1.165) is 18.9 Å². The number of rotatable bonds is 7. The summed E-state index contributed by atoms with van der Waals surface area (Å²) >= 11 is 3.54. The molecule has 1 N–H and O–H groups in total. The highest BCUT2D eigenvalue weighted by molar-refractivity contribution is 9.10. The van der Waals surface area contributed by atoms with Gasteiger partial charge in [-0.2, -0.15) is 0 Å². The zero-order chi connectivity index (χ0) is 12.7. The van der Waals surface area contributed by atoms with Gasteiger partial charge in [0.1, 0.15) is 0 Å². The zero-order valence-corrected chi connectivity index (χ0v) is 12.8. The van der Waals surface area contributed by atoms with E-state index in [1.54, 1.807) is 0 Å². The summed E-state index contributed by atoms with van der Waals surface area (Å²) in [5.41, 5.74) is 1.41. The third kappa shape index (κ3) is 4.81. The molecule has 0 amide bonds. The van der Waals surface area contributed by atoms with Crippen LogP contribution < -0.4 is 5.32 Å². The van der Waals surface area contributed by atoms with Crippen molar-refractivity contribution in [3.8, 4) is 0 Å². The molecule has 1 rings (SSSR count). The summed E-state index contributed by atoms with van der Waals surface area (Å²) in [6, 6.07) is 9.26. The molecule has 0 saturated heterocycles. The fraction of sp³-hybridized carbons (Fsp3) is 0.600. The fourth-order valence-corrected chi connectivity index (χ4v) is 2.89. The van der Waals surface area contributed by atoms with Gasteiger partial charge in [-0.3, -0.25) is 0 Å². The average Bonchev–Trinajstić information content (AvgIpc) is 2.31. The first kappa shape index (κ1) is 14.7. The molecule has 96 valence electrons. The number of hydrogen-bond acceptors (Lipinski definition) is 1. The molecule has 1 aromatic rings. The smallest absolute Gasteiger partial charge is 0.0178 e. The Kier molecular flexibility index (Phi) is 6.83. The Hall–Kier alpha value is -0.340. The molecular weight excluding hydrogens is 274 g/mol. The molecule has 0 fully saturated rings. The van der Waals surface area contributed by atoms with E-state index in [-0.39, 0.29) is 0 Å². The van der Waals surface area contributed by atoms with Crippen molar-refractivity contribution in [2.24, 2.45) is 5.92 Å². The first-order chi connectivity index (χ1) is 8.21. The van der Waals surface area contributed by atoms with Crippen LogP contribution in [0.3, 0.4) is 0 Å². The van der Waals surface area contributed by atoms with E-state index in [0.29, 0.717) is 6.04 Å². The molecule has 1 nitrogen and oxygen atoms in total. The minimum Gasteiger partial charge on any atom is -0.314 e. The van der Waals surface area contributed by atoms with E-state index in [9.17, 15) is 0 Å². The van der Waals surface area contributed by atoms with Gasteiger partial charge in [0, 0.05) is 10.5 Å². The van der Waals surface area contributed by atoms with Gasteiger partial charge in [0.2, 0.25) is 0 Å². The van der Waals surface area contributed by atoms with Crippen molar-refractivity contribution in [2.45, 2.75) is 46.1 Å². The Morgan fingerprint density at radius 1 is 1.18 bits per heavy atom. The van der Waals surface area contributed by atoms with Crippen LogP contribution in [-0.4, -0.2) is 12.6 Å². The van der Waals surface area contributed by atoms with Crippen molar-refractivity contribution < 1.29 is 0 Å². The van der Waals surface area contributed by atoms with Crippen molar-refractivity contribution in [1.29, 1.82) is 0 Å². The third-order valence-electron chi connectivity index (χ3n) is 3.43. The summed E-state index contributed by atoms with van der Waals surface area (Å²) in [4.78, 5) is 0. The van der Waals surface area contributed by atoms with Crippen LogP contribution in [0, 0.1) is 5.92 Å². The van der Waals surface area contributed by atoms with Gasteiger partial charge >= 0.3 is 0 Å². The molecule has 0 aromatic heterocycles. The van der Waals surface area contributed by atoms with Crippen LogP contribution in [0.5, 0.6) is 0 Å². The summed E-state index contributed by atoms with van der Waals surface area (Å²) in [5.74, 6) is 0.772. The van der Waals surface area contributed by atoms with Crippen LogP contribution in [-0.2, 0) is 6.42 Å². The van der Waals surface area contributed by atoms with Gasteiger partial charge in [-0.05, 0) is 36.6 Å². The fourth-order valence-electron chi connectivity index (χ4n) is 2.44. The first-order valence-corrected chi connectivity index (χ1v) is 7.48. The second-order valence-electron chi connectivity index (χ2n) is 4.57. The maximum atomic E-state index is 3.64. The standard InChI is InChI=1S/C15H24BrN/c1-4-13(5-2)15(17-6-3)11-12-8-7-9-14(16)10-12/h7-10,13,15,17H,4-6,11H2,1-3H3. The Morgan fingerprint density at radius 2 is 1.88 bits per heavy atom. The molecular formula is C15H24BrN. The minimum absolute atomic E-state index is 0.601. The lowest BCUT2D eigenvalue weighted by atomic mass is 9.89. The monoisotopic (exact) mass is 297 g/mol. The van der Waals surface area contributed by atoms with Crippen LogP contribution in [0.15, 0.2) is 28.7 Å². The topological polar surface area (TPSA) is 12.0 Å². The second kappa shape index (κ2) is 7.88. The number of benzene rings is 1. The molecule has 0 radical (unpaired) electrons. The average molecular weight is 298 g/mol. The van der Waals surface area contributed by atoms with E-state index in [4.69, 9.17) is 0 Å². The lowest BCUT2D eigenvalue weighted by molar-refractivity contribution is 0.336. The van der Waals surface area contributed by atoms with Crippen molar-refractivity contribution in [1.82, 2.24) is 5.32 Å². The van der Waals surface area contributed by atoms with E-state index >= 15 is 0 Å². The normalized spacial score (nSPS) is 13.0. The largest absolute Gasteiger partial charge is 0.314 e. The summed E-state index contributed by atoms with van der Waals surface area (Å²) in [5, 5.41) is 3.64. The van der Waals surface area contributed by atoms with Gasteiger partial charge in [-0.25, -0.2) is 0 Å². The van der Waals surface area contributed by atoms with Crippen LogP contribution in [0.2, 0.25) is 0 Å². The van der Waals surface area contributed by atoms with Gasteiger partial charge in [-0.1, -0.05) is 61.7 Å². The van der Waals surface area contributed by atoms with E-state index in [2.05, 4.69) is 66.3 Å². The number of halogens is 1. The quantitative estimate of drug-likeness (QED) is 0.786. The van der Waals surface area contributed by atoms with Crippen molar-refractivity contribution >= 4 is 15.9 Å². The lowest BCUT2D eigenvalue weighted by Gasteiger charge is -2.26. The summed E-state index contributed by atoms with van der Waals surface area (Å²) < 4.78 is 1.18. The number of hydrogen-bond donors (Lipinski definition) is 1. The Labute approximate surface area is 114 Å². The molecule has 1 unspecified atom stereocenters. The molecule has 0 heterocycles. The molecule has 0 aliphatic heterocycles. The Balaban J connectivity index is 2.71. The van der Waals surface area contributed by atoms with Crippen LogP contribution in [0.4, 0.5) is 0 Å². The van der Waals surface area contributed by atoms with Gasteiger partial charge in [-0.15, -0.1) is 0 Å². The Morgan fingerprint density at radius 3 is 2.41 bits per heavy atom. The Bertz CT molecular complexity index is 320. The van der Waals surface area contributed by atoms with E-state index < -0.39 is 0 Å². The maximum absolute atomic E-state index is 3.64. The van der Waals surface area contributed by atoms with Gasteiger partial charge in [0.15, 0.2) is 0 Å². The molecule has 0 bridgehead atoms. The van der Waals surface area contributed by atoms with Crippen LogP contribution in [0.25, 0.3) is 0 Å². The predicted octanol–water partition coefficient (Wildman–Crippen LogP) is 4.41. The van der Waals surface area contributed by atoms with Crippen LogP contribution >= 0.6 is 15.9 Å².